The van der Waals surface area contributed by atoms with Gasteiger partial charge in [0.15, 0.2) is 0 Å². The molecule has 0 unspecified atom stereocenters. The molecule has 1 aromatic carbocycles. The summed E-state index contributed by atoms with van der Waals surface area (Å²) >= 11 is 0. The van der Waals surface area contributed by atoms with Gasteiger partial charge in [-0.05, 0) is 101 Å². The minimum atomic E-state index is -0.532. The first-order chi connectivity index (χ1) is 15.1. The molecule has 0 aromatic heterocycles. The van der Waals surface area contributed by atoms with Crippen LogP contribution in [0, 0.1) is 5.92 Å². The summed E-state index contributed by atoms with van der Waals surface area (Å²) in [5.74, 6) is 1.17. The molecule has 1 aromatic rings. The highest BCUT2D eigenvalue weighted by Crippen LogP contribution is 2.65. The molecule has 174 valence electrons. The van der Waals surface area contributed by atoms with E-state index in [2.05, 4.69) is 16.3 Å². The number of phenolic OH excluding ortho intramolecular Hbond substituents is 1. The van der Waals surface area contributed by atoms with Gasteiger partial charge in [0.25, 0.3) is 0 Å². The molecule has 4 atom stereocenters. The van der Waals surface area contributed by atoms with Crippen molar-refractivity contribution in [1.82, 2.24) is 10.2 Å². The van der Waals surface area contributed by atoms with Crippen LogP contribution in [-0.2, 0) is 21.3 Å². The molecule has 32 heavy (non-hydrogen) atoms. The van der Waals surface area contributed by atoms with Crippen molar-refractivity contribution in [2.75, 3.05) is 19.7 Å². The number of piperidine rings is 1. The molecule has 6 nitrogen and oxygen atoms in total. The van der Waals surface area contributed by atoms with E-state index in [4.69, 9.17) is 9.47 Å². The Hall–Kier alpha value is -1.79. The maximum atomic E-state index is 12.8. The average molecular weight is 441 g/mol. The number of hydrogen-bond donors (Lipinski definition) is 2. The molecule has 3 saturated heterocycles. The maximum absolute atomic E-state index is 12.8. The average Bonchev–Trinajstić information content (AvgIpc) is 3.53. The van der Waals surface area contributed by atoms with Crippen LogP contribution >= 0.6 is 0 Å². The van der Waals surface area contributed by atoms with E-state index in [1.807, 2.05) is 32.9 Å². The number of ether oxygens (including phenoxy) is 2. The molecule has 0 radical (unpaired) electrons. The van der Waals surface area contributed by atoms with Crippen molar-refractivity contribution in [2.24, 2.45) is 5.92 Å². The summed E-state index contributed by atoms with van der Waals surface area (Å²) in [4.78, 5) is 15.5. The van der Waals surface area contributed by atoms with Gasteiger partial charge < -0.3 is 19.9 Å². The highest BCUT2D eigenvalue weighted by molar-refractivity contribution is 5.69. The van der Waals surface area contributed by atoms with Crippen LogP contribution in [0.15, 0.2) is 18.2 Å². The van der Waals surface area contributed by atoms with Crippen LogP contribution in [0.3, 0.4) is 0 Å². The van der Waals surface area contributed by atoms with Crippen molar-refractivity contribution >= 4 is 6.09 Å². The molecule has 3 aliphatic carbocycles. The standard InChI is InChI=1S/C26H36N2O4/c1-23(2,3)32-22(30)27-24-8-9-26(31-16-24)21-12-18-6-7-19(29)13-20(18)25(26,15-24)10-11-28(21)14-17-4-5-17/h6-7,13,17,21,29H,4-5,8-12,14-16H2,1-3H3,(H,27,30)/t21-,24+,25-,26-/m1/s1. The monoisotopic (exact) mass is 440 g/mol. The fraction of sp³-hybridized carbons (Fsp3) is 0.731. The zero-order chi connectivity index (χ0) is 22.4. The molecule has 1 spiro atoms. The van der Waals surface area contributed by atoms with Gasteiger partial charge >= 0.3 is 6.09 Å². The van der Waals surface area contributed by atoms with Gasteiger partial charge in [0, 0.05) is 18.0 Å². The summed E-state index contributed by atoms with van der Waals surface area (Å²) < 4.78 is 12.5. The van der Waals surface area contributed by atoms with E-state index in [9.17, 15) is 9.90 Å². The lowest BCUT2D eigenvalue weighted by Crippen LogP contribution is -2.81. The Bertz CT molecular complexity index is 942. The van der Waals surface area contributed by atoms with Gasteiger partial charge in [-0.2, -0.15) is 0 Å². The number of alkyl carbamates (subject to hydrolysis) is 1. The molecular formula is C26H36N2O4. The minimum Gasteiger partial charge on any atom is -0.508 e. The van der Waals surface area contributed by atoms with Crippen molar-refractivity contribution in [3.63, 3.8) is 0 Å². The third-order valence-electron chi connectivity index (χ3n) is 8.81. The van der Waals surface area contributed by atoms with E-state index in [0.717, 1.165) is 44.6 Å². The van der Waals surface area contributed by atoms with Crippen LogP contribution in [0.4, 0.5) is 4.79 Å². The van der Waals surface area contributed by atoms with Gasteiger partial charge in [0.2, 0.25) is 0 Å². The number of benzene rings is 1. The normalized spacial score (nSPS) is 38.0. The fourth-order valence-electron chi connectivity index (χ4n) is 7.41. The first-order valence-corrected chi connectivity index (χ1v) is 12.4. The molecule has 6 aliphatic rings. The predicted molar refractivity (Wildman–Crippen MR) is 121 cm³/mol. The Morgan fingerprint density at radius 3 is 2.78 bits per heavy atom. The number of likely N-dealkylation sites (tertiary alicyclic amines) is 1. The Kier molecular flexibility index (Phi) is 4.31. The molecule has 1 amide bonds. The van der Waals surface area contributed by atoms with Gasteiger partial charge in [0.1, 0.15) is 11.4 Å². The van der Waals surface area contributed by atoms with E-state index >= 15 is 0 Å². The SMILES string of the molecule is CC(C)(C)OC(=O)N[C@]12CC[C@@]3(OC1)[C@H]1Cc4ccc(O)cc4[C@@]3(CCN1CC1CC1)C2. The van der Waals surface area contributed by atoms with Gasteiger partial charge in [-0.25, -0.2) is 4.79 Å². The number of fused-ring (bicyclic) bond motifs is 3. The lowest BCUT2D eigenvalue weighted by Gasteiger charge is -2.71. The second-order valence-corrected chi connectivity index (χ2v) is 12.1. The lowest BCUT2D eigenvalue weighted by molar-refractivity contribution is -0.262. The van der Waals surface area contributed by atoms with Crippen molar-refractivity contribution < 1.29 is 19.4 Å². The molecule has 7 rings (SSSR count). The van der Waals surface area contributed by atoms with E-state index in [0.29, 0.717) is 18.4 Å². The van der Waals surface area contributed by atoms with Gasteiger partial charge in [-0.15, -0.1) is 0 Å². The van der Waals surface area contributed by atoms with Crippen LogP contribution in [-0.4, -0.2) is 58.6 Å². The Morgan fingerprint density at radius 1 is 1.28 bits per heavy atom. The predicted octanol–water partition coefficient (Wildman–Crippen LogP) is 3.89. The summed E-state index contributed by atoms with van der Waals surface area (Å²) in [6.07, 6.45) is 7.04. The minimum absolute atomic E-state index is 0.185. The van der Waals surface area contributed by atoms with Crippen LogP contribution < -0.4 is 5.32 Å². The summed E-state index contributed by atoms with van der Waals surface area (Å²) in [6.45, 7) is 8.46. The van der Waals surface area contributed by atoms with Gasteiger partial charge in [0.05, 0.1) is 17.7 Å². The molecule has 4 bridgehead atoms. The second-order valence-electron chi connectivity index (χ2n) is 12.1. The molecule has 3 heterocycles. The van der Waals surface area contributed by atoms with Crippen molar-refractivity contribution in [2.45, 2.75) is 93.9 Å². The molecule has 2 N–H and O–H groups in total. The van der Waals surface area contributed by atoms with Crippen LogP contribution in [0.25, 0.3) is 0 Å². The van der Waals surface area contributed by atoms with E-state index in [1.165, 1.54) is 30.5 Å². The molecular weight excluding hydrogens is 404 g/mol. The first-order valence-electron chi connectivity index (χ1n) is 12.4. The number of carbonyl (C=O) groups is 1. The number of aromatic hydroxyl groups is 1. The van der Waals surface area contributed by atoms with Gasteiger partial charge in [-0.3, -0.25) is 4.90 Å². The zero-order valence-electron chi connectivity index (χ0n) is 19.6. The summed E-state index contributed by atoms with van der Waals surface area (Å²) in [5, 5.41) is 13.7. The second kappa shape index (κ2) is 6.63. The topological polar surface area (TPSA) is 71.0 Å². The smallest absolute Gasteiger partial charge is 0.408 e. The highest BCUT2D eigenvalue weighted by atomic mass is 16.6. The molecule has 2 saturated carbocycles. The number of nitrogens with zero attached hydrogens (tertiary/aromatic N) is 1. The number of carbonyl (C=O) groups excluding carboxylic acids is 1. The third kappa shape index (κ3) is 3.02. The number of hydrogen-bond acceptors (Lipinski definition) is 5. The summed E-state index contributed by atoms with van der Waals surface area (Å²) in [6, 6.07) is 6.29. The first kappa shape index (κ1) is 20.8. The lowest BCUT2D eigenvalue weighted by atomic mass is 9.45. The van der Waals surface area contributed by atoms with Crippen LogP contribution in [0.2, 0.25) is 0 Å². The zero-order valence-corrected chi connectivity index (χ0v) is 19.6. The number of amides is 1. The number of phenols is 1. The fourth-order valence-corrected chi connectivity index (χ4v) is 7.41. The summed E-state index contributed by atoms with van der Waals surface area (Å²) in [7, 11) is 0. The van der Waals surface area contributed by atoms with Crippen molar-refractivity contribution in [3.8, 4) is 5.75 Å². The third-order valence-corrected chi connectivity index (χ3v) is 8.81. The molecule has 6 heteroatoms. The van der Waals surface area contributed by atoms with Crippen molar-refractivity contribution in [3.05, 3.63) is 29.3 Å². The summed E-state index contributed by atoms with van der Waals surface area (Å²) in [5.41, 5.74) is 1.20. The quantitative estimate of drug-likeness (QED) is 0.746. The number of rotatable bonds is 3. The van der Waals surface area contributed by atoms with E-state index < -0.39 is 11.1 Å². The van der Waals surface area contributed by atoms with E-state index in [-0.39, 0.29) is 17.1 Å². The Balaban J connectivity index is 1.39. The van der Waals surface area contributed by atoms with Crippen LogP contribution in [0.1, 0.15) is 70.4 Å². The van der Waals surface area contributed by atoms with Gasteiger partial charge in [-0.1, -0.05) is 6.07 Å². The van der Waals surface area contributed by atoms with Crippen molar-refractivity contribution in [1.29, 1.82) is 0 Å². The Morgan fingerprint density at radius 2 is 2.09 bits per heavy atom. The Labute approximate surface area is 190 Å². The maximum Gasteiger partial charge on any atom is 0.408 e. The molecule has 5 fully saturated rings. The molecule has 3 aliphatic heterocycles. The highest BCUT2D eigenvalue weighted by Gasteiger charge is 2.71. The van der Waals surface area contributed by atoms with E-state index in [1.54, 1.807) is 0 Å². The number of nitrogens with one attached hydrogen (secondary N) is 1. The van der Waals surface area contributed by atoms with Crippen LogP contribution in [0.5, 0.6) is 5.75 Å². The largest absolute Gasteiger partial charge is 0.508 e.